The van der Waals surface area contributed by atoms with Gasteiger partial charge in [0, 0.05) is 12.3 Å². The van der Waals surface area contributed by atoms with Crippen molar-refractivity contribution in [3.8, 4) is 0 Å². The van der Waals surface area contributed by atoms with E-state index in [0.717, 1.165) is 17.9 Å². The Labute approximate surface area is 131 Å². The molecule has 0 bridgehead atoms. The highest BCUT2D eigenvalue weighted by Gasteiger charge is 2.47. The van der Waals surface area contributed by atoms with Gasteiger partial charge in [-0.15, -0.1) is 0 Å². The van der Waals surface area contributed by atoms with E-state index in [4.69, 9.17) is 9.15 Å². The number of carbonyl (C=O) groups is 1. The van der Waals surface area contributed by atoms with Crippen molar-refractivity contribution in [2.24, 2.45) is 5.92 Å². The van der Waals surface area contributed by atoms with Crippen LogP contribution >= 0.6 is 0 Å². The van der Waals surface area contributed by atoms with Crippen molar-refractivity contribution in [1.29, 1.82) is 0 Å². The topological polar surface area (TPSA) is 39.4 Å². The lowest BCUT2D eigenvalue weighted by Crippen LogP contribution is -2.11. The molecule has 0 saturated heterocycles. The van der Waals surface area contributed by atoms with E-state index in [0.29, 0.717) is 12.0 Å². The Bertz CT molecular complexity index is 677. The monoisotopic (exact) mass is 324 g/mol. The summed E-state index contributed by atoms with van der Waals surface area (Å²) in [7, 11) is 0. The predicted octanol–water partition coefficient (Wildman–Crippen LogP) is 4.19. The van der Waals surface area contributed by atoms with Crippen LogP contribution in [-0.4, -0.2) is 12.6 Å². The number of benzene rings is 1. The van der Waals surface area contributed by atoms with Gasteiger partial charge in [0.05, 0.1) is 24.4 Å². The number of hydrogen-bond donors (Lipinski definition) is 0. The number of rotatable bonds is 5. The fourth-order valence-corrected chi connectivity index (χ4v) is 2.55. The van der Waals surface area contributed by atoms with E-state index in [9.17, 15) is 18.0 Å². The molecule has 2 unspecified atom stereocenters. The molecule has 1 heterocycles. The molecule has 1 aliphatic rings. The number of halogens is 3. The number of furan rings is 1. The Morgan fingerprint density at radius 3 is 2.78 bits per heavy atom. The van der Waals surface area contributed by atoms with Gasteiger partial charge < -0.3 is 9.15 Å². The highest BCUT2D eigenvalue weighted by Crippen LogP contribution is 2.48. The van der Waals surface area contributed by atoms with Gasteiger partial charge in [-0.05, 0) is 30.2 Å². The molecule has 3 nitrogen and oxygen atoms in total. The Kier molecular flexibility index (Phi) is 4.15. The molecule has 2 atom stereocenters. The standard InChI is InChI=1S/C17H15F3O3/c18-17(19,20)12-4-1-3-11(9-12)6-8-23-16(21)14-10-13(14)15-5-2-7-22-15/h1-5,7,9,13-14H,6,8,10H2. The number of alkyl halides is 3. The third-order valence-corrected chi connectivity index (χ3v) is 3.89. The fourth-order valence-electron chi connectivity index (χ4n) is 2.55. The van der Waals surface area contributed by atoms with Gasteiger partial charge in [-0.3, -0.25) is 4.79 Å². The van der Waals surface area contributed by atoms with Crippen molar-refractivity contribution in [3.63, 3.8) is 0 Å². The molecule has 23 heavy (non-hydrogen) atoms. The molecule has 0 aliphatic heterocycles. The van der Waals surface area contributed by atoms with Crippen molar-refractivity contribution < 1.29 is 27.1 Å². The third-order valence-electron chi connectivity index (χ3n) is 3.89. The van der Waals surface area contributed by atoms with Crippen molar-refractivity contribution >= 4 is 5.97 Å². The highest BCUT2D eigenvalue weighted by molar-refractivity contribution is 5.77. The summed E-state index contributed by atoms with van der Waals surface area (Å²) in [6.07, 6.45) is -1.86. The highest BCUT2D eigenvalue weighted by atomic mass is 19.4. The minimum absolute atomic E-state index is 0.0612. The average molecular weight is 324 g/mol. The molecule has 1 saturated carbocycles. The minimum Gasteiger partial charge on any atom is -0.469 e. The van der Waals surface area contributed by atoms with Crippen LogP contribution in [0.3, 0.4) is 0 Å². The van der Waals surface area contributed by atoms with Crippen molar-refractivity contribution in [3.05, 3.63) is 59.5 Å². The molecular weight excluding hydrogens is 309 g/mol. The molecule has 1 fully saturated rings. The van der Waals surface area contributed by atoms with Crippen molar-refractivity contribution in [1.82, 2.24) is 0 Å². The van der Waals surface area contributed by atoms with E-state index in [-0.39, 0.29) is 30.8 Å². The van der Waals surface area contributed by atoms with Gasteiger partial charge in [0.15, 0.2) is 0 Å². The van der Waals surface area contributed by atoms with E-state index in [2.05, 4.69) is 0 Å². The second-order valence-electron chi connectivity index (χ2n) is 5.58. The largest absolute Gasteiger partial charge is 0.469 e. The fraction of sp³-hybridized carbons (Fsp3) is 0.353. The molecule has 0 amide bonds. The zero-order chi connectivity index (χ0) is 16.4. The van der Waals surface area contributed by atoms with Crippen LogP contribution in [0.4, 0.5) is 13.2 Å². The summed E-state index contributed by atoms with van der Waals surface area (Å²) in [5, 5.41) is 0. The maximum Gasteiger partial charge on any atom is 0.416 e. The first-order chi connectivity index (χ1) is 10.9. The molecule has 1 aromatic carbocycles. The van der Waals surface area contributed by atoms with Gasteiger partial charge in [-0.1, -0.05) is 18.2 Å². The maximum atomic E-state index is 12.6. The second kappa shape index (κ2) is 6.10. The molecule has 1 aromatic heterocycles. The first kappa shape index (κ1) is 15.6. The van der Waals surface area contributed by atoms with Crippen LogP contribution < -0.4 is 0 Å². The summed E-state index contributed by atoms with van der Waals surface area (Å²) in [4.78, 5) is 11.9. The zero-order valence-corrected chi connectivity index (χ0v) is 12.2. The Balaban J connectivity index is 1.48. The summed E-state index contributed by atoms with van der Waals surface area (Å²) >= 11 is 0. The van der Waals surface area contributed by atoms with E-state index < -0.39 is 11.7 Å². The number of esters is 1. The van der Waals surface area contributed by atoms with E-state index >= 15 is 0 Å². The summed E-state index contributed by atoms with van der Waals surface area (Å²) in [5.74, 6) is 0.303. The first-order valence-electron chi connectivity index (χ1n) is 7.31. The Morgan fingerprint density at radius 1 is 1.26 bits per heavy atom. The molecule has 0 radical (unpaired) electrons. The Hall–Kier alpha value is -2.24. The molecule has 0 N–H and O–H groups in total. The smallest absolute Gasteiger partial charge is 0.416 e. The molecule has 6 heteroatoms. The molecule has 1 aliphatic carbocycles. The molecule has 0 spiro atoms. The molecule has 122 valence electrons. The lowest BCUT2D eigenvalue weighted by Gasteiger charge is -2.09. The quantitative estimate of drug-likeness (QED) is 0.774. The normalized spacial score (nSPS) is 20.3. The van der Waals surface area contributed by atoms with Crippen LogP contribution in [0.15, 0.2) is 47.1 Å². The first-order valence-corrected chi connectivity index (χ1v) is 7.31. The van der Waals surface area contributed by atoms with Crippen LogP contribution in [0.2, 0.25) is 0 Å². The van der Waals surface area contributed by atoms with Gasteiger partial charge in [-0.2, -0.15) is 13.2 Å². The zero-order valence-electron chi connectivity index (χ0n) is 12.2. The summed E-state index contributed by atoms with van der Waals surface area (Å²) in [5.41, 5.74) is -0.201. The molecule has 2 aromatic rings. The minimum atomic E-state index is -4.36. The number of ether oxygens (including phenoxy) is 1. The Morgan fingerprint density at radius 2 is 2.09 bits per heavy atom. The van der Waals surface area contributed by atoms with Crippen LogP contribution in [0.1, 0.15) is 29.2 Å². The number of hydrogen-bond acceptors (Lipinski definition) is 3. The van der Waals surface area contributed by atoms with Crippen molar-refractivity contribution in [2.45, 2.75) is 24.9 Å². The van der Waals surface area contributed by atoms with E-state index in [1.807, 2.05) is 6.07 Å². The van der Waals surface area contributed by atoms with Gasteiger partial charge in [0.2, 0.25) is 0 Å². The molecular formula is C17H15F3O3. The van der Waals surface area contributed by atoms with Crippen molar-refractivity contribution in [2.75, 3.05) is 6.61 Å². The summed E-state index contributed by atoms with van der Waals surface area (Å²) in [6.45, 7) is 0.0710. The van der Waals surface area contributed by atoms with Gasteiger partial charge >= 0.3 is 12.1 Å². The SMILES string of the molecule is O=C(OCCc1cccc(C(F)(F)F)c1)C1CC1c1ccco1. The predicted molar refractivity (Wildman–Crippen MR) is 75.7 cm³/mol. The molecule has 3 rings (SSSR count). The average Bonchev–Trinajstić information content (AvgIpc) is 3.12. The summed E-state index contributed by atoms with van der Waals surface area (Å²) < 4.78 is 48.3. The lowest BCUT2D eigenvalue weighted by molar-refractivity contribution is -0.145. The van der Waals surface area contributed by atoms with E-state index in [1.54, 1.807) is 18.4 Å². The van der Waals surface area contributed by atoms with Crippen LogP contribution in [0, 0.1) is 5.92 Å². The number of carbonyl (C=O) groups excluding carboxylic acids is 1. The second-order valence-corrected chi connectivity index (χ2v) is 5.58. The van der Waals surface area contributed by atoms with Gasteiger partial charge in [0.1, 0.15) is 5.76 Å². The van der Waals surface area contributed by atoms with Crippen LogP contribution in [0.5, 0.6) is 0 Å². The summed E-state index contributed by atoms with van der Waals surface area (Å²) in [6, 6.07) is 8.63. The van der Waals surface area contributed by atoms with Crippen LogP contribution in [-0.2, 0) is 22.1 Å². The third kappa shape index (κ3) is 3.75. The maximum absolute atomic E-state index is 12.6. The van der Waals surface area contributed by atoms with Crippen LogP contribution in [0.25, 0.3) is 0 Å². The lowest BCUT2D eigenvalue weighted by atomic mass is 10.1. The van der Waals surface area contributed by atoms with Gasteiger partial charge in [-0.25, -0.2) is 0 Å². The van der Waals surface area contributed by atoms with Gasteiger partial charge in [0.25, 0.3) is 0 Å². The van der Waals surface area contributed by atoms with E-state index in [1.165, 1.54) is 6.07 Å².